The zero-order valence-electron chi connectivity index (χ0n) is 8.26. The van der Waals surface area contributed by atoms with Gasteiger partial charge in [-0.3, -0.25) is 0 Å². The number of hydrogen-bond donors (Lipinski definition) is 0. The molecule has 0 aliphatic rings. The maximum atomic E-state index is 4.43. The monoisotopic (exact) mass is 164 g/mol. The molecular weight excluding hydrogens is 148 g/mol. The Balaban J connectivity index is 3.12. The van der Waals surface area contributed by atoms with Gasteiger partial charge in [-0.05, 0) is 24.8 Å². The topological polar surface area (TPSA) is 25.8 Å². The molecule has 1 aromatic rings. The Morgan fingerprint density at radius 1 is 1.42 bits per heavy atom. The highest BCUT2D eigenvalue weighted by atomic mass is 14.9. The largest absolute Gasteiger partial charge is 0.241 e. The van der Waals surface area contributed by atoms with Crippen LogP contribution >= 0.6 is 0 Å². The molecule has 0 N–H and O–H groups in total. The van der Waals surface area contributed by atoms with Crippen LogP contribution in [0.4, 0.5) is 0 Å². The van der Waals surface area contributed by atoms with Crippen molar-refractivity contribution in [2.75, 3.05) is 0 Å². The van der Waals surface area contributed by atoms with Gasteiger partial charge in [-0.15, -0.1) is 0 Å². The zero-order valence-corrected chi connectivity index (χ0v) is 8.26. The molecule has 0 aliphatic heterocycles. The van der Waals surface area contributed by atoms with Crippen molar-refractivity contribution in [1.82, 2.24) is 9.97 Å². The summed E-state index contributed by atoms with van der Waals surface area (Å²) in [6, 6.07) is 0. The van der Waals surface area contributed by atoms with Crippen LogP contribution < -0.4 is 0 Å². The summed E-state index contributed by atoms with van der Waals surface area (Å²) in [7, 11) is 0. The SMILES string of the molecule is CCc1cnc(C)nc1C(C)C. The summed E-state index contributed by atoms with van der Waals surface area (Å²) < 4.78 is 0. The normalized spacial score (nSPS) is 10.8. The van der Waals surface area contributed by atoms with Crippen LogP contribution in [0.3, 0.4) is 0 Å². The summed E-state index contributed by atoms with van der Waals surface area (Å²) in [5.74, 6) is 1.37. The molecule has 0 bridgehead atoms. The Labute approximate surface area is 74.1 Å². The fourth-order valence-corrected chi connectivity index (χ4v) is 1.28. The van der Waals surface area contributed by atoms with Crippen LogP contribution in [0.15, 0.2) is 6.20 Å². The van der Waals surface area contributed by atoms with Crippen molar-refractivity contribution in [2.45, 2.75) is 40.0 Å². The molecule has 0 saturated carbocycles. The lowest BCUT2D eigenvalue weighted by atomic mass is 10.0. The number of rotatable bonds is 2. The highest BCUT2D eigenvalue weighted by Crippen LogP contribution is 2.16. The molecule has 0 aliphatic carbocycles. The summed E-state index contributed by atoms with van der Waals surface area (Å²) in [5.41, 5.74) is 2.47. The van der Waals surface area contributed by atoms with Gasteiger partial charge in [0.25, 0.3) is 0 Å². The van der Waals surface area contributed by atoms with Gasteiger partial charge in [-0.25, -0.2) is 9.97 Å². The molecule has 0 spiro atoms. The van der Waals surface area contributed by atoms with Crippen LogP contribution in [-0.4, -0.2) is 9.97 Å². The average Bonchev–Trinajstić information content (AvgIpc) is 2.04. The van der Waals surface area contributed by atoms with E-state index in [4.69, 9.17) is 0 Å². The Morgan fingerprint density at radius 3 is 2.58 bits per heavy atom. The molecule has 0 fully saturated rings. The number of hydrogen-bond acceptors (Lipinski definition) is 2. The molecule has 1 aromatic heterocycles. The minimum Gasteiger partial charge on any atom is -0.241 e. The van der Waals surface area contributed by atoms with Gasteiger partial charge in [0.15, 0.2) is 0 Å². The summed E-state index contributed by atoms with van der Waals surface area (Å²) in [6.45, 7) is 8.41. The van der Waals surface area contributed by atoms with E-state index in [9.17, 15) is 0 Å². The minimum atomic E-state index is 0.502. The maximum Gasteiger partial charge on any atom is 0.125 e. The van der Waals surface area contributed by atoms with E-state index in [0.29, 0.717) is 5.92 Å². The van der Waals surface area contributed by atoms with Crippen molar-refractivity contribution in [3.8, 4) is 0 Å². The molecule has 2 heteroatoms. The van der Waals surface area contributed by atoms with E-state index in [-0.39, 0.29) is 0 Å². The fourth-order valence-electron chi connectivity index (χ4n) is 1.28. The van der Waals surface area contributed by atoms with Crippen molar-refractivity contribution >= 4 is 0 Å². The third-order valence-electron chi connectivity index (χ3n) is 1.95. The average molecular weight is 164 g/mol. The van der Waals surface area contributed by atoms with Gasteiger partial charge in [0.1, 0.15) is 5.82 Å². The predicted molar refractivity (Wildman–Crippen MR) is 50.2 cm³/mol. The highest BCUT2D eigenvalue weighted by molar-refractivity contribution is 5.20. The van der Waals surface area contributed by atoms with E-state index in [1.54, 1.807) is 0 Å². The Morgan fingerprint density at radius 2 is 2.08 bits per heavy atom. The summed E-state index contributed by atoms with van der Waals surface area (Å²) in [6.07, 6.45) is 2.96. The van der Waals surface area contributed by atoms with Gasteiger partial charge in [-0.1, -0.05) is 20.8 Å². The van der Waals surface area contributed by atoms with Crippen molar-refractivity contribution in [2.24, 2.45) is 0 Å². The first kappa shape index (κ1) is 9.17. The van der Waals surface area contributed by atoms with Crippen LogP contribution in [0, 0.1) is 6.92 Å². The Kier molecular flexibility index (Phi) is 2.79. The summed E-state index contributed by atoms with van der Waals surface area (Å²) in [4.78, 5) is 8.61. The number of nitrogens with zero attached hydrogens (tertiary/aromatic N) is 2. The second kappa shape index (κ2) is 3.65. The molecule has 66 valence electrons. The molecule has 2 nitrogen and oxygen atoms in total. The third-order valence-corrected chi connectivity index (χ3v) is 1.95. The lowest BCUT2D eigenvalue weighted by Gasteiger charge is -2.09. The lowest BCUT2D eigenvalue weighted by molar-refractivity contribution is 0.776. The molecule has 1 heterocycles. The summed E-state index contributed by atoms with van der Waals surface area (Å²) >= 11 is 0. The molecule has 0 aromatic carbocycles. The first-order valence-corrected chi connectivity index (χ1v) is 4.47. The predicted octanol–water partition coefficient (Wildman–Crippen LogP) is 2.47. The van der Waals surface area contributed by atoms with E-state index in [0.717, 1.165) is 12.2 Å². The van der Waals surface area contributed by atoms with Crippen LogP contribution in [0.25, 0.3) is 0 Å². The van der Waals surface area contributed by atoms with Crippen LogP contribution in [0.1, 0.15) is 43.8 Å². The van der Waals surface area contributed by atoms with Crippen molar-refractivity contribution in [1.29, 1.82) is 0 Å². The van der Waals surface area contributed by atoms with E-state index in [1.807, 2.05) is 13.1 Å². The molecule has 0 unspecified atom stereocenters. The van der Waals surface area contributed by atoms with Crippen LogP contribution in [0.2, 0.25) is 0 Å². The molecule has 0 atom stereocenters. The zero-order chi connectivity index (χ0) is 9.14. The lowest BCUT2D eigenvalue weighted by Crippen LogP contribution is -2.02. The van der Waals surface area contributed by atoms with Crippen molar-refractivity contribution in [3.63, 3.8) is 0 Å². The van der Waals surface area contributed by atoms with E-state index in [1.165, 1.54) is 11.3 Å². The van der Waals surface area contributed by atoms with Crippen LogP contribution in [-0.2, 0) is 6.42 Å². The standard InChI is InChI=1S/C10H16N2/c1-5-9-6-11-8(4)12-10(9)7(2)3/h6-7H,5H2,1-4H3. The van der Waals surface area contributed by atoms with E-state index in [2.05, 4.69) is 30.7 Å². The molecule has 12 heavy (non-hydrogen) atoms. The van der Waals surface area contributed by atoms with Gasteiger partial charge in [0.05, 0.1) is 0 Å². The van der Waals surface area contributed by atoms with Crippen molar-refractivity contribution < 1.29 is 0 Å². The van der Waals surface area contributed by atoms with E-state index < -0.39 is 0 Å². The maximum absolute atomic E-state index is 4.43. The molecule has 1 rings (SSSR count). The van der Waals surface area contributed by atoms with Crippen LogP contribution in [0.5, 0.6) is 0 Å². The highest BCUT2D eigenvalue weighted by Gasteiger charge is 2.06. The Hall–Kier alpha value is -0.920. The van der Waals surface area contributed by atoms with Gasteiger partial charge in [0, 0.05) is 11.9 Å². The molecule has 0 amide bonds. The first-order chi connectivity index (χ1) is 5.65. The van der Waals surface area contributed by atoms with Crippen molar-refractivity contribution in [3.05, 3.63) is 23.3 Å². The minimum absolute atomic E-state index is 0.502. The number of aryl methyl sites for hydroxylation is 2. The fraction of sp³-hybridized carbons (Fsp3) is 0.600. The van der Waals surface area contributed by atoms with Gasteiger partial charge < -0.3 is 0 Å². The van der Waals surface area contributed by atoms with E-state index >= 15 is 0 Å². The summed E-state index contributed by atoms with van der Waals surface area (Å²) in [5, 5.41) is 0. The van der Waals surface area contributed by atoms with Gasteiger partial charge >= 0.3 is 0 Å². The third kappa shape index (κ3) is 1.81. The number of aromatic nitrogens is 2. The first-order valence-electron chi connectivity index (χ1n) is 4.47. The Bertz CT molecular complexity index is 267. The molecule has 0 radical (unpaired) electrons. The second-order valence-electron chi connectivity index (χ2n) is 3.34. The second-order valence-corrected chi connectivity index (χ2v) is 3.34. The quantitative estimate of drug-likeness (QED) is 0.671. The smallest absolute Gasteiger partial charge is 0.125 e. The van der Waals surface area contributed by atoms with Gasteiger partial charge in [-0.2, -0.15) is 0 Å². The molecule has 0 saturated heterocycles. The molecular formula is C10H16N2. The van der Waals surface area contributed by atoms with Gasteiger partial charge in [0.2, 0.25) is 0 Å².